The number of carbonyl (C=O) groups excluding carboxylic acids is 2. The minimum Gasteiger partial charge on any atom is -1.00 e. The second-order valence-electron chi connectivity index (χ2n) is 6.36. The predicted octanol–water partition coefficient (Wildman–Crippen LogP) is -0.358. The third kappa shape index (κ3) is 6.48. The van der Waals surface area contributed by atoms with E-state index >= 15 is 0 Å². The molecule has 1 heterocycles. The van der Waals surface area contributed by atoms with Gasteiger partial charge < -0.3 is 26.5 Å². The monoisotopic (exact) mass is 483 g/mol. The molecule has 7 nitrogen and oxygen atoms in total. The molecule has 0 fully saturated rings. The number of amides is 1. The Morgan fingerprint density at radius 2 is 1.74 bits per heavy atom. The van der Waals surface area contributed by atoms with E-state index in [0.29, 0.717) is 28.2 Å². The molecule has 0 spiro atoms. The number of hydrogen-bond acceptors (Lipinski definition) is 5. The molecule has 0 aliphatic heterocycles. The fraction of sp³-hybridized carbons (Fsp3) is 0.130. The highest BCUT2D eigenvalue weighted by atomic mass is 79.9. The van der Waals surface area contributed by atoms with E-state index in [9.17, 15) is 9.59 Å². The molecule has 1 aromatic heterocycles. The second kappa shape index (κ2) is 11.6. The molecular weight excluding hydrogens is 462 g/mol. The number of aromatic nitrogens is 1. The van der Waals surface area contributed by atoms with Crippen molar-refractivity contribution in [2.75, 3.05) is 14.2 Å². The summed E-state index contributed by atoms with van der Waals surface area (Å²) in [6, 6.07) is 17.7. The van der Waals surface area contributed by atoms with Crippen LogP contribution in [0.2, 0.25) is 0 Å². The first kappa shape index (κ1) is 23.8. The molecule has 2 aromatic carbocycles. The van der Waals surface area contributed by atoms with Gasteiger partial charge in [0.25, 0.3) is 5.91 Å². The summed E-state index contributed by atoms with van der Waals surface area (Å²) >= 11 is 0. The molecule has 0 unspecified atom stereocenters. The van der Waals surface area contributed by atoms with Crippen LogP contribution < -0.4 is 36.4 Å². The lowest BCUT2D eigenvalue weighted by Gasteiger charge is -2.06. The van der Waals surface area contributed by atoms with Crippen LogP contribution in [0.15, 0.2) is 78.2 Å². The van der Waals surface area contributed by atoms with Gasteiger partial charge in [-0.25, -0.2) is 5.43 Å². The molecule has 8 heteroatoms. The molecule has 0 aliphatic rings. The summed E-state index contributed by atoms with van der Waals surface area (Å²) in [5.41, 5.74) is 4.15. The molecular formula is C23H22BrN3O4. The fourth-order valence-electron chi connectivity index (χ4n) is 2.80. The molecule has 0 atom stereocenters. The quantitative estimate of drug-likeness (QED) is 0.205. The highest BCUT2D eigenvalue weighted by Gasteiger charge is 2.15. The first-order valence-corrected chi connectivity index (χ1v) is 9.23. The van der Waals surface area contributed by atoms with Crippen molar-refractivity contribution in [1.82, 2.24) is 5.43 Å². The van der Waals surface area contributed by atoms with E-state index < -0.39 is 5.91 Å². The van der Waals surface area contributed by atoms with E-state index in [1.54, 1.807) is 73.6 Å². The Labute approximate surface area is 191 Å². The van der Waals surface area contributed by atoms with Crippen LogP contribution in [0.1, 0.15) is 26.3 Å². The smallest absolute Gasteiger partial charge is 0.277 e. The number of methoxy groups -OCH3 is 2. The molecule has 1 amide bonds. The fourth-order valence-corrected chi connectivity index (χ4v) is 2.80. The maximum absolute atomic E-state index is 12.4. The van der Waals surface area contributed by atoms with Crippen LogP contribution >= 0.6 is 0 Å². The van der Waals surface area contributed by atoms with Crippen molar-refractivity contribution in [1.29, 1.82) is 0 Å². The molecule has 0 radical (unpaired) electrons. The lowest BCUT2D eigenvalue weighted by Crippen LogP contribution is -3.00. The van der Waals surface area contributed by atoms with Gasteiger partial charge >= 0.3 is 0 Å². The van der Waals surface area contributed by atoms with Crippen LogP contribution in [-0.4, -0.2) is 32.1 Å². The summed E-state index contributed by atoms with van der Waals surface area (Å²) in [5, 5.41) is 4.00. The number of benzene rings is 2. The van der Waals surface area contributed by atoms with Gasteiger partial charge in [0.1, 0.15) is 17.1 Å². The Balaban J connectivity index is 0.00000341. The molecule has 1 N–H and O–H groups in total. The van der Waals surface area contributed by atoms with Crippen LogP contribution in [0.25, 0.3) is 0 Å². The number of nitrogens with one attached hydrogen (secondary N) is 1. The van der Waals surface area contributed by atoms with Crippen LogP contribution in [-0.2, 0) is 6.54 Å². The first-order valence-electron chi connectivity index (χ1n) is 9.23. The van der Waals surface area contributed by atoms with Gasteiger partial charge in [0.05, 0.1) is 20.4 Å². The topological polar surface area (TPSA) is 80.9 Å². The van der Waals surface area contributed by atoms with E-state index in [1.165, 1.54) is 6.21 Å². The predicted molar refractivity (Wildman–Crippen MR) is 112 cm³/mol. The normalized spacial score (nSPS) is 10.3. The third-order valence-electron chi connectivity index (χ3n) is 4.35. The van der Waals surface area contributed by atoms with Gasteiger partial charge in [0.15, 0.2) is 12.4 Å². The number of hydrazone groups is 1. The van der Waals surface area contributed by atoms with Crippen molar-refractivity contribution in [3.05, 3.63) is 89.7 Å². The summed E-state index contributed by atoms with van der Waals surface area (Å²) in [6.07, 6.45) is 4.83. The largest absolute Gasteiger partial charge is 1.00 e. The number of Topliss-reactive ketones (excluding diaryl/α,β-unsaturated/α-hetero) is 1. The highest BCUT2D eigenvalue weighted by Crippen LogP contribution is 2.22. The molecule has 0 aliphatic carbocycles. The van der Waals surface area contributed by atoms with Crippen molar-refractivity contribution in [2.24, 2.45) is 5.10 Å². The van der Waals surface area contributed by atoms with Crippen molar-refractivity contribution in [3.8, 4) is 11.5 Å². The average Bonchev–Trinajstić information content (AvgIpc) is 2.79. The third-order valence-corrected chi connectivity index (χ3v) is 4.35. The lowest BCUT2D eigenvalue weighted by atomic mass is 10.1. The number of pyridine rings is 1. The summed E-state index contributed by atoms with van der Waals surface area (Å²) in [4.78, 5) is 24.8. The maximum atomic E-state index is 12.4. The number of nitrogens with zero attached hydrogens (tertiary/aromatic N) is 2. The Bertz CT molecular complexity index is 1070. The van der Waals surface area contributed by atoms with Gasteiger partial charge in [-0.2, -0.15) is 9.67 Å². The number of rotatable bonds is 8. The van der Waals surface area contributed by atoms with Gasteiger partial charge in [-0.3, -0.25) is 9.59 Å². The van der Waals surface area contributed by atoms with E-state index in [2.05, 4.69) is 10.5 Å². The zero-order valence-corrected chi connectivity index (χ0v) is 18.7. The van der Waals surface area contributed by atoms with Gasteiger partial charge in [0.2, 0.25) is 12.3 Å². The molecule has 3 rings (SSSR count). The van der Waals surface area contributed by atoms with Gasteiger partial charge in [-0.1, -0.05) is 30.3 Å². The number of carbonyl (C=O) groups is 2. The Morgan fingerprint density at radius 1 is 1.00 bits per heavy atom. The van der Waals surface area contributed by atoms with E-state index in [-0.39, 0.29) is 29.3 Å². The van der Waals surface area contributed by atoms with Crippen molar-refractivity contribution < 1.29 is 40.6 Å². The van der Waals surface area contributed by atoms with Crippen LogP contribution in [0.5, 0.6) is 11.5 Å². The van der Waals surface area contributed by atoms with E-state index in [0.717, 1.165) is 0 Å². The minimum absolute atomic E-state index is 0. The SMILES string of the molecule is COc1ccc(OC)c(C=NNC(=O)c2ccc[n+](CC(=O)c3ccccc3)c2)c1.[Br-]. The zero-order chi connectivity index (χ0) is 21.3. The summed E-state index contributed by atoms with van der Waals surface area (Å²) in [7, 11) is 3.12. The second-order valence-corrected chi connectivity index (χ2v) is 6.36. The molecule has 0 saturated heterocycles. The molecule has 31 heavy (non-hydrogen) atoms. The van der Waals surface area contributed by atoms with Crippen LogP contribution in [0.3, 0.4) is 0 Å². The van der Waals surface area contributed by atoms with Crippen molar-refractivity contribution >= 4 is 17.9 Å². The molecule has 160 valence electrons. The highest BCUT2D eigenvalue weighted by molar-refractivity contribution is 5.95. The number of ether oxygens (including phenoxy) is 2. The first-order chi connectivity index (χ1) is 14.6. The van der Waals surface area contributed by atoms with Crippen LogP contribution in [0, 0.1) is 0 Å². The van der Waals surface area contributed by atoms with Gasteiger partial charge in [-0.15, -0.1) is 0 Å². The lowest BCUT2D eigenvalue weighted by molar-refractivity contribution is -0.683. The van der Waals surface area contributed by atoms with E-state index in [1.807, 2.05) is 18.2 Å². The van der Waals surface area contributed by atoms with Crippen LogP contribution in [0.4, 0.5) is 0 Å². The maximum Gasteiger partial charge on any atom is 0.277 e. The standard InChI is InChI=1S/C23H21N3O4.BrH/c1-29-20-10-11-22(30-2)19(13-20)14-24-25-23(28)18-9-6-12-26(15-18)16-21(27)17-7-4-3-5-8-17;/h3-15H,16H2,1-2H3;1H. The molecule has 0 bridgehead atoms. The van der Waals surface area contributed by atoms with Gasteiger partial charge in [0, 0.05) is 17.2 Å². The van der Waals surface area contributed by atoms with Crippen molar-refractivity contribution in [2.45, 2.75) is 6.54 Å². The summed E-state index contributed by atoms with van der Waals surface area (Å²) in [5.74, 6) is 0.817. The van der Waals surface area contributed by atoms with Crippen molar-refractivity contribution in [3.63, 3.8) is 0 Å². The minimum atomic E-state index is -0.394. The number of ketones is 1. The Kier molecular flexibility index (Phi) is 8.90. The number of halogens is 1. The molecule has 0 saturated carbocycles. The summed E-state index contributed by atoms with van der Waals surface area (Å²) in [6.45, 7) is 0.134. The average molecular weight is 484 g/mol. The number of hydrogen-bond donors (Lipinski definition) is 1. The zero-order valence-electron chi connectivity index (χ0n) is 17.1. The Hall–Kier alpha value is -3.52. The Morgan fingerprint density at radius 3 is 2.45 bits per heavy atom. The van der Waals surface area contributed by atoms with E-state index in [4.69, 9.17) is 9.47 Å². The molecule has 3 aromatic rings. The van der Waals surface area contributed by atoms with Gasteiger partial charge in [-0.05, 0) is 24.3 Å². The summed E-state index contributed by atoms with van der Waals surface area (Å²) < 4.78 is 12.1.